The Labute approximate surface area is 102 Å². The number of aromatic hydroxyl groups is 1. The molecular formula is C14H19NO2. The van der Waals surface area contributed by atoms with E-state index < -0.39 is 0 Å². The smallest absolute Gasteiger partial charge is 0.224 e. The van der Waals surface area contributed by atoms with Gasteiger partial charge in [-0.3, -0.25) is 4.79 Å². The van der Waals surface area contributed by atoms with Gasteiger partial charge in [-0.2, -0.15) is 0 Å². The highest BCUT2D eigenvalue weighted by Gasteiger charge is 2.28. The zero-order valence-corrected chi connectivity index (χ0v) is 10.4. The lowest BCUT2D eigenvalue weighted by molar-refractivity contribution is -0.121. The number of hydrogen-bond donors (Lipinski definition) is 2. The maximum Gasteiger partial charge on any atom is 0.224 e. The van der Waals surface area contributed by atoms with Gasteiger partial charge in [-0.25, -0.2) is 0 Å². The molecular weight excluding hydrogens is 214 g/mol. The molecule has 1 atom stereocenters. The molecule has 0 spiro atoms. The summed E-state index contributed by atoms with van der Waals surface area (Å²) in [6.07, 6.45) is 2.80. The van der Waals surface area contributed by atoms with E-state index in [1.807, 2.05) is 19.1 Å². The lowest BCUT2D eigenvalue weighted by Crippen LogP contribution is -2.35. The summed E-state index contributed by atoms with van der Waals surface area (Å²) in [7, 11) is 0. The molecule has 1 aliphatic carbocycles. The molecule has 1 fully saturated rings. The van der Waals surface area contributed by atoms with Gasteiger partial charge < -0.3 is 10.4 Å². The van der Waals surface area contributed by atoms with Gasteiger partial charge in [0.2, 0.25) is 5.91 Å². The van der Waals surface area contributed by atoms with Crippen LogP contribution in [0.4, 0.5) is 0 Å². The van der Waals surface area contributed by atoms with Crippen LogP contribution in [0.2, 0.25) is 0 Å². The molecule has 1 aromatic carbocycles. The summed E-state index contributed by atoms with van der Waals surface area (Å²) in [5.41, 5.74) is 1.69. The van der Waals surface area contributed by atoms with Crippen LogP contribution in [-0.2, 0) is 11.2 Å². The van der Waals surface area contributed by atoms with Crippen LogP contribution in [-0.4, -0.2) is 17.1 Å². The van der Waals surface area contributed by atoms with Crippen molar-refractivity contribution in [3.05, 3.63) is 29.3 Å². The minimum Gasteiger partial charge on any atom is -0.508 e. The van der Waals surface area contributed by atoms with Crippen LogP contribution in [0.1, 0.15) is 30.9 Å². The van der Waals surface area contributed by atoms with Gasteiger partial charge in [-0.15, -0.1) is 0 Å². The summed E-state index contributed by atoms with van der Waals surface area (Å²) in [5.74, 6) is 0.962. The molecule has 1 saturated carbocycles. The van der Waals surface area contributed by atoms with Crippen molar-refractivity contribution in [3.8, 4) is 5.75 Å². The van der Waals surface area contributed by atoms with Gasteiger partial charge in [0.05, 0.1) is 6.42 Å². The number of rotatable bonds is 4. The highest BCUT2D eigenvalue weighted by Crippen LogP contribution is 2.32. The molecule has 3 heteroatoms. The average Bonchev–Trinajstić information content (AvgIpc) is 3.06. The largest absolute Gasteiger partial charge is 0.508 e. The molecule has 0 heterocycles. The normalized spacial score (nSPS) is 16.6. The molecule has 2 N–H and O–H groups in total. The first kappa shape index (κ1) is 12.0. The number of carbonyl (C=O) groups is 1. The van der Waals surface area contributed by atoms with E-state index in [1.54, 1.807) is 6.07 Å². The first-order chi connectivity index (χ1) is 8.06. The fourth-order valence-electron chi connectivity index (χ4n) is 1.97. The maximum absolute atomic E-state index is 11.8. The maximum atomic E-state index is 11.8. The zero-order valence-electron chi connectivity index (χ0n) is 10.4. The molecule has 0 aliphatic heterocycles. The van der Waals surface area contributed by atoms with E-state index in [-0.39, 0.29) is 17.7 Å². The highest BCUT2D eigenvalue weighted by molar-refractivity contribution is 5.79. The van der Waals surface area contributed by atoms with Crippen molar-refractivity contribution in [3.63, 3.8) is 0 Å². The van der Waals surface area contributed by atoms with E-state index in [1.165, 1.54) is 12.8 Å². The molecule has 2 rings (SSSR count). The molecule has 17 heavy (non-hydrogen) atoms. The number of amides is 1. The molecule has 1 unspecified atom stereocenters. The van der Waals surface area contributed by atoms with E-state index in [4.69, 9.17) is 0 Å². The minimum atomic E-state index is 0.0349. The molecule has 0 saturated heterocycles. The number of benzene rings is 1. The van der Waals surface area contributed by atoms with Crippen LogP contribution in [0.3, 0.4) is 0 Å². The van der Waals surface area contributed by atoms with Gasteiger partial charge in [-0.1, -0.05) is 12.1 Å². The van der Waals surface area contributed by atoms with E-state index in [0.29, 0.717) is 12.3 Å². The van der Waals surface area contributed by atoms with Gasteiger partial charge in [0.15, 0.2) is 0 Å². The summed E-state index contributed by atoms with van der Waals surface area (Å²) < 4.78 is 0. The Morgan fingerprint density at radius 1 is 1.53 bits per heavy atom. The van der Waals surface area contributed by atoms with Crippen LogP contribution in [0.5, 0.6) is 5.75 Å². The number of hydrogen-bond acceptors (Lipinski definition) is 2. The first-order valence-electron chi connectivity index (χ1n) is 6.14. The van der Waals surface area contributed by atoms with Crippen molar-refractivity contribution in [2.75, 3.05) is 0 Å². The number of carbonyl (C=O) groups excluding carboxylic acids is 1. The van der Waals surface area contributed by atoms with E-state index >= 15 is 0 Å². The minimum absolute atomic E-state index is 0.0349. The second kappa shape index (κ2) is 4.78. The van der Waals surface area contributed by atoms with Gasteiger partial charge in [-0.05, 0) is 49.8 Å². The summed E-state index contributed by atoms with van der Waals surface area (Å²) in [5, 5.41) is 12.6. The summed E-state index contributed by atoms with van der Waals surface area (Å²) in [6, 6.07) is 5.66. The van der Waals surface area contributed by atoms with Crippen molar-refractivity contribution in [2.45, 2.75) is 39.2 Å². The molecule has 1 amide bonds. The Balaban J connectivity index is 1.90. The average molecular weight is 233 g/mol. The number of phenols is 1. The van der Waals surface area contributed by atoms with Crippen LogP contribution >= 0.6 is 0 Å². The van der Waals surface area contributed by atoms with Crippen molar-refractivity contribution >= 4 is 5.91 Å². The van der Waals surface area contributed by atoms with Crippen LogP contribution in [0.25, 0.3) is 0 Å². The van der Waals surface area contributed by atoms with Gasteiger partial charge in [0.25, 0.3) is 0 Å². The summed E-state index contributed by atoms with van der Waals surface area (Å²) in [6.45, 7) is 3.90. The Hall–Kier alpha value is -1.51. The summed E-state index contributed by atoms with van der Waals surface area (Å²) >= 11 is 0. The van der Waals surface area contributed by atoms with Gasteiger partial charge in [0.1, 0.15) is 5.75 Å². The SMILES string of the molecule is Cc1ccc(CC(=O)NC(C)C2CC2)cc1O. The molecule has 0 bridgehead atoms. The molecule has 1 aliphatic rings. The highest BCUT2D eigenvalue weighted by atomic mass is 16.3. The fourth-order valence-corrected chi connectivity index (χ4v) is 1.97. The lowest BCUT2D eigenvalue weighted by Gasteiger charge is -2.12. The Morgan fingerprint density at radius 2 is 2.24 bits per heavy atom. The first-order valence-corrected chi connectivity index (χ1v) is 6.14. The van der Waals surface area contributed by atoms with Crippen molar-refractivity contribution in [2.24, 2.45) is 5.92 Å². The third-order valence-corrected chi connectivity index (χ3v) is 3.36. The quantitative estimate of drug-likeness (QED) is 0.837. The number of nitrogens with one attached hydrogen (secondary N) is 1. The molecule has 3 nitrogen and oxygen atoms in total. The predicted molar refractivity (Wildman–Crippen MR) is 66.9 cm³/mol. The van der Waals surface area contributed by atoms with E-state index in [9.17, 15) is 9.90 Å². The van der Waals surface area contributed by atoms with Gasteiger partial charge >= 0.3 is 0 Å². The molecule has 92 valence electrons. The van der Waals surface area contributed by atoms with Crippen LogP contribution < -0.4 is 5.32 Å². The van der Waals surface area contributed by atoms with Crippen molar-refractivity contribution in [1.29, 1.82) is 0 Å². The second-order valence-corrected chi connectivity index (χ2v) is 4.99. The zero-order chi connectivity index (χ0) is 12.4. The van der Waals surface area contributed by atoms with Crippen molar-refractivity contribution < 1.29 is 9.90 Å². The Bertz CT molecular complexity index is 424. The fraction of sp³-hybridized carbons (Fsp3) is 0.500. The monoisotopic (exact) mass is 233 g/mol. The molecule has 1 aromatic rings. The lowest BCUT2D eigenvalue weighted by atomic mass is 10.1. The molecule has 0 radical (unpaired) electrons. The predicted octanol–water partition coefficient (Wildman–Crippen LogP) is 2.16. The number of aryl methyl sites for hydroxylation is 1. The summed E-state index contributed by atoms with van der Waals surface area (Å²) in [4.78, 5) is 11.8. The second-order valence-electron chi connectivity index (χ2n) is 4.99. The van der Waals surface area contributed by atoms with Gasteiger partial charge in [0, 0.05) is 6.04 Å². The topological polar surface area (TPSA) is 49.3 Å². The van der Waals surface area contributed by atoms with Crippen molar-refractivity contribution in [1.82, 2.24) is 5.32 Å². The van der Waals surface area contributed by atoms with E-state index in [2.05, 4.69) is 12.2 Å². The third kappa shape index (κ3) is 3.22. The Morgan fingerprint density at radius 3 is 2.82 bits per heavy atom. The van der Waals surface area contributed by atoms with Crippen LogP contribution in [0, 0.1) is 12.8 Å². The molecule has 0 aromatic heterocycles. The third-order valence-electron chi connectivity index (χ3n) is 3.36. The van der Waals surface area contributed by atoms with E-state index in [0.717, 1.165) is 11.1 Å². The standard InChI is InChI=1S/C14H19NO2/c1-9-3-4-11(7-13(9)16)8-14(17)15-10(2)12-5-6-12/h3-4,7,10,12,16H,5-6,8H2,1-2H3,(H,15,17). The van der Waals surface area contributed by atoms with Crippen LogP contribution in [0.15, 0.2) is 18.2 Å². The number of phenolic OH excluding ortho intramolecular Hbond substituents is 1. The Kier molecular flexibility index (Phi) is 3.36.